The van der Waals surface area contributed by atoms with Crippen molar-refractivity contribution in [2.45, 2.75) is 33.2 Å². The van der Waals surface area contributed by atoms with Gasteiger partial charge in [0.05, 0.1) is 5.69 Å². The molecule has 0 atom stereocenters. The molecule has 0 amide bonds. The molecule has 2 rings (SSSR count). The number of aromatic nitrogens is 1. The van der Waals surface area contributed by atoms with Crippen molar-refractivity contribution in [1.82, 2.24) is 9.88 Å². The summed E-state index contributed by atoms with van der Waals surface area (Å²) in [4.78, 5) is 7.07. The topological polar surface area (TPSA) is 16.1 Å². The van der Waals surface area contributed by atoms with E-state index >= 15 is 0 Å². The maximum Gasteiger partial charge on any atom is 0.0547 e. The highest BCUT2D eigenvalue weighted by Gasteiger charge is 2.42. The normalized spacial score (nSPS) is 17.4. The quantitative estimate of drug-likeness (QED) is 0.781. The van der Waals surface area contributed by atoms with Gasteiger partial charge in [-0.3, -0.25) is 9.88 Å². The molecule has 0 spiro atoms. The molecule has 0 N–H and O–H groups in total. The monoisotopic (exact) mass is 250 g/mol. The Morgan fingerprint density at radius 2 is 2.18 bits per heavy atom. The van der Waals surface area contributed by atoms with E-state index < -0.39 is 0 Å². The fraction of sp³-hybridized carbons (Fsp3) is 0.643. The molecule has 0 bridgehead atoms. The molecular weight excluding hydrogens is 228 g/mol. The van der Waals surface area contributed by atoms with Crippen LogP contribution in [0.2, 0.25) is 0 Å². The predicted molar refractivity (Wildman–Crippen MR) is 75.4 cm³/mol. The SMILES string of the molecule is CCN(Cc1cccc(C)n1)CC1(CS)CC1. The first-order valence-corrected chi connectivity index (χ1v) is 7.06. The molecule has 1 aromatic heterocycles. The summed E-state index contributed by atoms with van der Waals surface area (Å²) in [5.74, 6) is 1.02. The van der Waals surface area contributed by atoms with Crippen LogP contribution >= 0.6 is 12.6 Å². The van der Waals surface area contributed by atoms with E-state index in [0.29, 0.717) is 5.41 Å². The lowest BCUT2D eigenvalue weighted by Gasteiger charge is -2.25. The lowest BCUT2D eigenvalue weighted by Crippen LogP contribution is -2.31. The first kappa shape index (κ1) is 12.9. The van der Waals surface area contributed by atoms with Crippen molar-refractivity contribution in [2.75, 3.05) is 18.8 Å². The van der Waals surface area contributed by atoms with E-state index in [-0.39, 0.29) is 0 Å². The van der Waals surface area contributed by atoms with Gasteiger partial charge in [0.15, 0.2) is 0 Å². The fourth-order valence-electron chi connectivity index (χ4n) is 2.21. The standard InChI is InChI=1S/C14H22N2S/c1-3-16(10-14(11-17)7-8-14)9-13-6-4-5-12(2)15-13/h4-6,17H,3,7-11H2,1-2H3. The van der Waals surface area contributed by atoms with Gasteiger partial charge >= 0.3 is 0 Å². The van der Waals surface area contributed by atoms with Gasteiger partial charge in [-0.1, -0.05) is 13.0 Å². The van der Waals surface area contributed by atoms with Crippen molar-refractivity contribution in [1.29, 1.82) is 0 Å². The largest absolute Gasteiger partial charge is 0.297 e. The number of nitrogens with zero attached hydrogens (tertiary/aromatic N) is 2. The van der Waals surface area contributed by atoms with Crippen molar-refractivity contribution >= 4 is 12.6 Å². The lowest BCUT2D eigenvalue weighted by atomic mass is 10.1. The smallest absolute Gasteiger partial charge is 0.0547 e. The van der Waals surface area contributed by atoms with E-state index in [1.54, 1.807) is 0 Å². The van der Waals surface area contributed by atoms with Gasteiger partial charge in [0.2, 0.25) is 0 Å². The van der Waals surface area contributed by atoms with Crippen LogP contribution in [0.15, 0.2) is 18.2 Å². The first-order valence-electron chi connectivity index (χ1n) is 6.43. The van der Waals surface area contributed by atoms with Crippen LogP contribution in [-0.4, -0.2) is 28.7 Å². The minimum absolute atomic E-state index is 0.503. The molecule has 1 heterocycles. The van der Waals surface area contributed by atoms with Gasteiger partial charge < -0.3 is 0 Å². The second-order valence-electron chi connectivity index (χ2n) is 5.23. The summed E-state index contributed by atoms with van der Waals surface area (Å²) in [5, 5.41) is 0. The second-order valence-corrected chi connectivity index (χ2v) is 5.55. The van der Waals surface area contributed by atoms with Gasteiger partial charge in [0.1, 0.15) is 0 Å². The Hall–Kier alpha value is -0.540. The summed E-state index contributed by atoms with van der Waals surface area (Å²) >= 11 is 4.48. The van der Waals surface area contributed by atoms with Gasteiger partial charge in [-0.15, -0.1) is 0 Å². The third kappa shape index (κ3) is 3.46. The van der Waals surface area contributed by atoms with Crippen molar-refractivity contribution in [2.24, 2.45) is 5.41 Å². The molecule has 1 aromatic rings. The van der Waals surface area contributed by atoms with Gasteiger partial charge in [-0.2, -0.15) is 12.6 Å². The number of hydrogen-bond acceptors (Lipinski definition) is 3. The molecule has 1 fully saturated rings. The van der Waals surface area contributed by atoms with Gasteiger partial charge in [-0.05, 0) is 49.6 Å². The summed E-state index contributed by atoms with van der Waals surface area (Å²) in [6, 6.07) is 6.27. The Labute approximate surface area is 110 Å². The minimum atomic E-state index is 0.503. The molecule has 1 aliphatic rings. The van der Waals surface area contributed by atoms with Crippen molar-refractivity contribution in [3.8, 4) is 0 Å². The summed E-state index contributed by atoms with van der Waals surface area (Å²) in [6.45, 7) is 7.50. The molecule has 0 saturated heterocycles. The zero-order chi connectivity index (χ0) is 12.3. The molecule has 0 aromatic carbocycles. The molecule has 1 aliphatic carbocycles. The highest BCUT2D eigenvalue weighted by molar-refractivity contribution is 7.80. The fourth-order valence-corrected chi connectivity index (χ4v) is 2.63. The van der Waals surface area contributed by atoms with Gasteiger partial charge in [0.25, 0.3) is 0 Å². The molecule has 3 heteroatoms. The average molecular weight is 250 g/mol. The van der Waals surface area contributed by atoms with Crippen LogP contribution in [-0.2, 0) is 6.54 Å². The zero-order valence-electron chi connectivity index (χ0n) is 10.8. The lowest BCUT2D eigenvalue weighted by molar-refractivity contribution is 0.231. The summed E-state index contributed by atoms with van der Waals surface area (Å²) in [6.07, 6.45) is 2.68. The number of hydrogen-bond donors (Lipinski definition) is 1. The number of rotatable bonds is 6. The molecule has 0 unspecified atom stereocenters. The van der Waals surface area contributed by atoms with Crippen LogP contribution in [0.1, 0.15) is 31.2 Å². The third-order valence-corrected chi connectivity index (χ3v) is 4.30. The highest BCUT2D eigenvalue weighted by atomic mass is 32.1. The van der Waals surface area contributed by atoms with E-state index in [0.717, 1.165) is 24.5 Å². The van der Waals surface area contributed by atoms with Gasteiger partial charge in [0, 0.05) is 18.8 Å². The molecule has 17 heavy (non-hydrogen) atoms. The second kappa shape index (κ2) is 5.40. The van der Waals surface area contributed by atoms with E-state index in [9.17, 15) is 0 Å². The maximum absolute atomic E-state index is 4.58. The van der Waals surface area contributed by atoms with Crippen LogP contribution in [0.5, 0.6) is 0 Å². The molecule has 94 valence electrons. The predicted octanol–water partition coefficient (Wildman–Crippen LogP) is 2.92. The molecule has 0 aliphatic heterocycles. The molecular formula is C14H22N2S. The maximum atomic E-state index is 4.58. The summed E-state index contributed by atoms with van der Waals surface area (Å²) in [7, 11) is 0. The molecule has 0 radical (unpaired) electrons. The Kier molecular flexibility index (Phi) is 4.10. The van der Waals surface area contributed by atoms with E-state index in [1.165, 1.54) is 25.1 Å². The van der Waals surface area contributed by atoms with E-state index in [2.05, 4.69) is 54.6 Å². The Morgan fingerprint density at radius 1 is 1.41 bits per heavy atom. The van der Waals surface area contributed by atoms with Crippen LogP contribution in [0.3, 0.4) is 0 Å². The van der Waals surface area contributed by atoms with Crippen LogP contribution in [0.4, 0.5) is 0 Å². The Bertz CT molecular complexity index is 374. The molecule has 2 nitrogen and oxygen atoms in total. The van der Waals surface area contributed by atoms with Crippen LogP contribution in [0, 0.1) is 12.3 Å². The van der Waals surface area contributed by atoms with E-state index in [4.69, 9.17) is 0 Å². The third-order valence-electron chi connectivity index (χ3n) is 3.63. The highest BCUT2D eigenvalue weighted by Crippen LogP contribution is 2.47. The average Bonchev–Trinajstić information content (AvgIpc) is 3.09. The van der Waals surface area contributed by atoms with Crippen molar-refractivity contribution < 1.29 is 0 Å². The van der Waals surface area contributed by atoms with Crippen LogP contribution < -0.4 is 0 Å². The van der Waals surface area contributed by atoms with E-state index in [1.807, 2.05) is 0 Å². The number of pyridine rings is 1. The van der Waals surface area contributed by atoms with Crippen molar-refractivity contribution in [3.05, 3.63) is 29.6 Å². The van der Waals surface area contributed by atoms with Gasteiger partial charge in [-0.25, -0.2) is 0 Å². The Morgan fingerprint density at radius 3 is 2.71 bits per heavy atom. The minimum Gasteiger partial charge on any atom is -0.297 e. The molecule has 1 saturated carbocycles. The van der Waals surface area contributed by atoms with Crippen molar-refractivity contribution in [3.63, 3.8) is 0 Å². The zero-order valence-corrected chi connectivity index (χ0v) is 11.7. The number of thiol groups is 1. The Balaban J connectivity index is 1.95. The summed E-state index contributed by atoms with van der Waals surface area (Å²) in [5.41, 5.74) is 2.79. The summed E-state index contributed by atoms with van der Waals surface area (Å²) < 4.78 is 0. The number of aryl methyl sites for hydroxylation is 1. The first-order chi connectivity index (χ1) is 8.17. The van der Waals surface area contributed by atoms with Crippen LogP contribution in [0.25, 0.3) is 0 Å².